The van der Waals surface area contributed by atoms with E-state index in [4.69, 9.17) is 0 Å². The Morgan fingerprint density at radius 2 is 2.19 bits per heavy atom. The maximum atomic E-state index is 14.3. The van der Waals surface area contributed by atoms with Gasteiger partial charge in [-0.3, -0.25) is 9.89 Å². The fraction of sp³-hybridized carbons (Fsp3) is 0.222. The molecule has 1 amide bonds. The van der Waals surface area contributed by atoms with E-state index in [1.54, 1.807) is 25.3 Å². The lowest BCUT2D eigenvalue weighted by atomic mass is 10.0. The van der Waals surface area contributed by atoms with E-state index < -0.39 is 12.1 Å². The van der Waals surface area contributed by atoms with Crippen molar-refractivity contribution in [3.63, 3.8) is 0 Å². The van der Waals surface area contributed by atoms with Crippen molar-refractivity contribution in [2.45, 2.75) is 19.5 Å². The van der Waals surface area contributed by atoms with Gasteiger partial charge in [-0.05, 0) is 37.1 Å². The van der Waals surface area contributed by atoms with Crippen molar-refractivity contribution in [2.24, 2.45) is 5.92 Å². The van der Waals surface area contributed by atoms with Gasteiger partial charge in [0.25, 0.3) is 0 Å². The first-order chi connectivity index (χ1) is 13.0. The quantitative estimate of drug-likeness (QED) is 0.559. The second-order valence-corrected chi connectivity index (χ2v) is 7.55. The van der Waals surface area contributed by atoms with E-state index in [9.17, 15) is 13.6 Å². The molecule has 3 heterocycles. The summed E-state index contributed by atoms with van der Waals surface area (Å²) < 4.78 is 27.3. The summed E-state index contributed by atoms with van der Waals surface area (Å²) in [5.41, 5.74) is 2.95. The lowest BCUT2D eigenvalue weighted by Crippen LogP contribution is -2.14. The zero-order valence-electron chi connectivity index (χ0n) is 14.1. The van der Waals surface area contributed by atoms with E-state index in [2.05, 4.69) is 25.5 Å². The van der Waals surface area contributed by atoms with E-state index in [1.165, 1.54) is 17.4 Å². The van der Waals surface area contributed by atoms with Gasteiger partial charge >= 0.3 is 0 Å². The average molecular weight is 385 g/mol. The number of nitrogens with one attached hydrogen (secondary N) is 2. The summed E-state index contributed by atoms with van der Waals surface area (Å²) in [6, 6.07) is 4.95. The number of carbonyl (C=O) groups excluding carboxylic acids is 1. The van der Waals surface area contributed by atoms with Crippen molar-refractivity contribution in [3.05, 3.63) is 35.8 Å². The van der Waals surface area contributed by atoms with Crippen LogP contribution in [0.2, 0.25) is 0 Å². The zero-order chi connectivity index (χ0) is 18.7. The van der Waals surface area contributed by atoms with Gasteiger partial charge in [-0.25, -0.2) is 18.7 Å². The Kier molecular flexibility index (Phi) is 3.48. The van der Waals surface area contributed by atoms with Crippen LogP contribution in [0.3, 0.4) is 0 Å². The predicted octanol–water partition coefficient (Wildman–Crippen LogP) is 3.98. The van der Waals surface area contributed by atoms with Crippen LogP contribution in [0, 0.1) is 18.7 Å². The van der Waals surface area contributed by atoms with Gasteiger partial charge in [0.1, 0.15) is 22.3 Å². The summed E-state index contributed by atoms with van der Waals surface area (Å²) in [4.78, 5) is 21.4. The third-order valence-electron chi connectivity index (χ3n) is 4.73. The number of benzene rings is 1. The Morgan fingerprint density at radius 1 is 1.37 bits per heavy atom. The lowest BCUT2D eigenvalue weighted by Gasteiger charge is -2.08. The second-order valence-electron chi connectivity index (χ2n) is 6.58. The molecule has 27 heavy (non-hydrogen) atoms. The maximum absolute atomic E-state index is 14.3. The van der Waals surface area contributed by atoms with Gasteiger partial charge in [0.2, 0.25) is 5.91 Å². The highest BCUT2D eigenvalue weighted by Gasteiger charge is 2.43. The number of pyridine rings is 1. The minimum absolute atomic E-state index is 0.263. The summed E-state index contributed by atoms with van der Waals surface area (Å²) in [6.07, 6.45) is 0.848. The summed E-state index contributed by atoms with van der Waals surface area (Å²) in [5, 5.41) is 10.6. The van der Waals surface area contributed by atoms with Gasteiger partial charge in [-0.2, -0.15) is 5.10 Å². The number of thiazole rings is 1. The molecule has 0 spiro atoms. The minimum atomic E-state index is -1.06. The maximum Gasteiger partial charge on any atom is 0.232 e. The Morgan fingerprint density at radius 3 is 2.96 bits per heavy atom. The number of hydrogen-bond donors (Lipinski definition) is 2. The molecule has 0 unspecified atom stereocenters. The first kappa shape index (κ1) is 16.2. The van der Waals surface area contributed by atoms with Crippen LogP contribution in [0.5, 0.6) is 0 Å². The molecule has 5 rings (SSSR count). The third-order valence-corrected chi connectivity index (χ3v) is 5.61. The highest BCUT2D eigenvalue weighted by molar-refractivity contribution is 7.22. The number of aromatic amines is 1. The number of aromatic nitrogens is 4. The lowest BCUT2D eigenvalue weighted by molar-refractivity contribution is -0.117. The highest BCUT2D eigenvalue weighted by Crippen LogP contribution is 2.36. The first-order valence-corrected chi connectivity index (χ1v) is 9.18. The minimum Gasteiger partial charge on any atom is -0.302 e. The molecule has 2 N–H and O–H groups in total. The van der Waals surface area contributed by atoms with Gasteiger partial charge in [-0.15, -0.1) is 0 Å². The molecule has 1 saturated carbocycles. The number of carbonyl (C=O) groups is 1. The number of hydrogen-bond acceptors (Lipinski definition) is 5. The molecule has 1 fully saturated rings. The first-order valence-electron chi connectivity index (χ1n) is 8.36. The summed E-state index contributed by atoms with van der Waals surface area (Å²) in [5.74, 6) is -1.28. The number of alkyl halides is 1. The summed E-state index contributed by atoms with van der Waals surface area (Å²) in [6.45, 7) is 1.70. The molecule has 0 saturated heterocycles. The second kappa shape index (κ2) is 5.78. The van der Waals surface area contributed by atoms with Gasteiger partial charge in [-0.1, -0.05) is 11.3 Å². The van der Waals surface area contributed by atoms with Gasteiger partial charge in [0.15, 0.2) is 5.13 Å². The highest BCUT2D eigenvalue weighted by atomic mass is 32.1. The van der Waals surface area contributed by atoms with Crippen molar-refractivity contribution < 1.29 is 13.6 Å². The van der Waals surface area contributed by atoms with Crippen molar-refractivity contribution >= 4 is 43.6 Å². The van der Waals surface area contributed by atoms with Crippen LogP contribution < -0.4 is 5.32 Å². The summed E-state index contributed by atoms with van der Waals surface area (Å²) >= 11 is 1.20. The molecule has 0 bridgehead atoms. The Labute approximate surface area is 155 Å². The number of rotatable bonds is 3. The largest absolute Gasteiger partial charge is 0.302 e. The van der Waals surface area contributed by atoms with E-state index in [0.717, 1.165) is 5.39 Å². The molecule has 2 atom stereocenters. The van der Waals surface area contributed by atoms with Crippen molar-refractivity contribution in [2.75, 3.05) is 5.32 Å². The summed E-state index contributed by atoms with van der Waals surface area (Å²) in [7, 11) is 0. The number of anilines is 1. The van der Waals surface area contributed by atoms with E-state index in [1.807, 2.05) is 0 Å². The topological polar surface area (TPSA) is 83.6 Å². The van der Waals surface area contributed by atoms with Crippen molar-refractivity contribution in [3.8, 4) is 11.3 Å². The smallest absolute Gasteiger partial charge is 0.232 e. The molecule has 6 nitrogen and oxygen atoms in total. The van der Waals surface area contributed by atoms with E-state index in [0.29, 0.717) is 37.8 Å². The molecule has 4 aromatic rings. The van der Waals surface area contributed by atoms with Gasteiger partial charge in [0, 0.05) is 10.9 Å². The number of H-pyrrole nitrogens is 1. The fourth-order valence-corrected chi connectivity index (χ4v) is 3.98. The normalized spacial score (nSPS) is 18.9. The molecule has 136 valence electrons. The van der Waals surface area contributed by atoms with Crippen LogP contribution >= 0.6 is 11.3 Å². The fourth-order valence-electron chi connectivity index (χ4n) is 3.14. The SMILES string of the molecule is Cc1c(F)cc2[nH]ncc2c1-c1ccc2nc(NC(=O)[C@@H]3C[C@@H]3F)sc2n1. The molecule has 0 radical (unpaired) electrons. The Balaban J connectivity index is 1.56. The predicted molar refractivity (Wildman–Crippen MR) is 98.8 cm³/mol. The van der Waals surface area contributed by atoms with Crippen LogP contribution in [0.15, 0.2) is 24.4 Å². The van der Waals surface area contributed by atoms with Crippen LogP contribution in [-0.2, 0) is 4.79 Å². The van der Waals surface area contributed by atoms with E-state index in [-0.39, 0.29) is 18.1 Å². The molecule has 1 aliphatic rings. The van der Waals surface area contributed by atoms with E-state index >= 15 is 0 Å². The number of amides is 1. The number of fused-ring (bicyclic) bond motifs is 2. The monoisotopic (exact) mass is 385 g/mol. The molecule has 1 aromatic carbocycles. The molecule has 1 aliphatic carbocycles. The van der Waals surface area contributed by atoms with Crippen LogP contribution in [0.4, 0.5) is 13.9 Å². The number of halogens is 2. The Bertz CT molecular complexity index is 1220. The standard InChI is InChI=1S/C18H13F2N5OS/c1-7-10(19)5-14-9(6-21-25-14)15(7)12-2-3-13-17(22-12)27-18(23-13)24-16(26)8-4-11(8)20/h2-3,5-6,8,11H,4H2,1H3,(H,21,25)(H,23,24,26)/t8-,11+/m1/s1. The van der Waals surface area contributed by atoms with Crippen molar-refractivity contribution in [1.29, 1.82) is 0 Å². The zero-order valence-corrected chi connectivity index (χ0v) is 14.9. The third kappa shape index (κ3) is 2.66. The van der Waals surface area contributed by atoms with Gasteiger partial charge < -0.3 is 5.32 Å². The van der Waals surface area contributed by atoms with Crippen LogP contribution in [0.1, 0.15) is 12.0 Å². The molecular weight excluding hydrogens is 372 g/mol. The van der Waals surface area contributed by atoms with Crippen LogP contribution in [0.25, 0.3) is 32.5 Å². The van der Waals surface area contributed by atoms with Crippen molar-refractivity contribution in [1.82, 2.24) is 20.2 Å². The van der Waals surface area contributed by atoms with Crippen LogP contribution in [-0.4, -0.2) is 32.2 Å². The molecular formula is C18H13F2N5OS. The van der Waals surface area contributed by atoms with Gasteiger partial charge in [0.05, 0.1) is 23.3 Å². The Hall–Kier alpha value is -2.94. The molecule has 9 heteroatoms. The number of nitrogens with zero attached hydrogens (tertiary/aromatic N) is 3. The molecule has 3 aromatic heterocycles. The average Bonchev–Trinajstić information content (AvgIpc) is 3.02. The molecule has 0 aliphatic heterocycles.